The van der Waals surface area contributed by atoms with Gasteiger partial charge in [0.25, 0.3) is 0 Å². The number of ether oxygens (including phenoxy) is 3. The van der Waals surface area contributed by atoms with Gasteiger partial charge < -0.3 is 19.3 Å². The van der Waals surface area contributed by atoms with Crippen molar-refractivity contribution in [2.45, 2.75) is 18.9 Å². The van der Waals surface area contributed by atoms with E-state index in [0.717, 1.165) is 41.2 Å². The number of fused-ring (bicyclic) bond motifs is 2. The van der Waals surface area contributed by atoms with Gasteiger partial charge in [-0.25, -0.2) is 0 Å². The summed E-state index contributed by atoms with van der Waals surface area (Å²) < 4.78 is 16.7. The summed E-state index contributed by atoms with van der Waals surface area (Å²) in [5.41, 5.74) is 2.21. The predicted molar refractivity (Wildman–Crippen MR) is 72.4 cm³/mol. The topological polar surface area (TPSA) is 47.9 Å². The molecule has 2 heterocycles. The van der Waals surface area contributed by atoms with Crippen molar-refractivity contribution in [2.75, 3.05) is 6.79 Å². The second kappa shape index (κ2) is 4.34. The monoisotopic (exact) mass is 270 g/mol. The molecule has 2 aliphatic heterocycles. The molecule has 0 saturated heterocycles. The van der Waals surface area contributed by atoms with Gasteiger partial charge in [0, 0.05) is 6.07 Å². The molecule has 2 aromatic carbocycles. The lowest BCUT2D eigenvalue weighted by Gasteiger charge is -2.26. The van der Waals surface area contributed by atoms with E-state index in [-0.39, 0.29) is 18.6 Å². The van der Waals surface area contributed by atoms with Crippen LogP contribution in [0.25, 0.3) is 0 Å². The van der Waals surface area contributed by atoms with Gasteiger partial charge in [0.2, 0.25) is 6.79 Å². The molecule has 2 aromatic rings. The van der Waals surface area contributed by atoms with Crippen LogP contribution in [0.4, 0.5) is 0 Å². The zero-order valence-electron chi connectivity index (χ0n) is 10.8. The Morgan fingerprint density at radius 2 is 1.85 bits per heavy atom. The molecule has 0 aromatic heterocycles. The Hall–Kier alpha value is -2.36. The van der Waals surface area contributed by atoms with Gasteiger partial charge in [-0.3, -0.25) is 0 Å². The zero-order valence-corrected chi connectivity index (χ0v) is 10.8. The zero-order chi connectivity index (χ0) is 13.5. The number of hydrogen-bond acceptors (Lipinski definition) is 4. The van der Waals surface area contributed by atoms with Crippen LogP contribution >= 0.6 is 0 Å². The molecule has 0 radical (unpaired) electrons. The summed E-state index contributed by atoms with van der Waals surface area (Å²) in [5.74, 6) is 2.55. The lowest BCUT2D eigenvalue weighted by molar-refractivity contribution is 0.171. The SMILES string of the molecule is Oc1ccc2c(c1)OC(c1ccc3c(c1)OCO3)CC2. The quantitative estimate of drug-likeness (QED) is 0.864. The molecule has 0 fully saturated rings. The summed E-state index contributed by atoms with van der Waals surface area (Å²) >= 11 is 0. The van der Waals surface area contributed by atoms with Crippen molar-refractivity contribution in [2.24, 2.45) is 0 Å². The Morgan fingerprint density at radius 3 is 2.80 bits per heavy atom. The second-order valence-electron chi connectivity index (χ2n) is 5.05. The van der Waals surface area contributed by atoms with E-state index >= 15 is 0 Å². The van der Waals surface area contributed by atoms with Crippen LogP contribution in [0.2, 0.25) is 0 Å². The van der Waals surface area contributed by atoms with E-state index in [4.69, 9.17) is 14.2 Å². The Morgan fingerprint density at radius 1 is 0.950 bits per heavy atom. The normalized spacial score (nSPS) is 19.3. The molecule has 0 aliphatic carbocycles. The molecule has 0 saturated carbocycles. The van der Waals surface area contributed by atoms with Gasteiger partial charge in [-0.1, -0.05) is 12.1 Å². The average molecular weight is 270 g/mol. The summed E-state index contributed by atoms with van der Waals surface area (Å²) in [6, 6.07) is 11.2. The van der Waals surface area contributed by atoms with Gasteiger partial charge in [-0.05, 0) is 42.2 Å². The highest BCUT2D eigenvalue weighted by atomic mass is 16.7. The van der Waals surface area contributed by atoms with E-state index in [1.54, 1.807) is 12.1 Å². The first kappa shape index (κ1) is 11.5. The van der Waals surface area contributed by atoms with Crippen LogP contribution < -0.4 is 14.2 Å². The molecule has 1 unspecified atom stereocenters. The van der Waals surface area contributed by atoms with E-state index in [1.165, 1.54) is 0 Å². The van der Waals surface area contributed by atoms with Gasteiger partial charge in [0.15, 0.2) is 11.5 Å². The third kappa shape index (κ3) is 1.84. The molecule has 20 heavy (non-hydrogen) atoms. The predicted octanol–water partition coefficient (Wildman–Crippen LogP) is 3.19. The van der Waals surface area contributed by atoms with Crippen LogP contribution in [-0.2, 0) is 6.42 Å². The highest BCUT2D eigenvalue weighted by molar-refractivity contribution is 5.47. The van der Waals surface area contributed by atoms with Crippen molar-refractivity contribution < 1.29 is 19.3 Å². The standard InChI is InChI=1S/C16H14O4/c17-12-4-1-10-2-5-13(20-15(10)8-12)11-3-6-14-16(7-11)19-9-18-14/h1,3-4,6-8,13,17H,2,5,9H2. The van der Waals surface area contributed by atoms with E-state index < -0.39 is 0 Å². The van der Waals surface area contributed by atoms with E-state index in [1.807, 2.05) is 24.3 Å². The number of aryl methyl sites for hydroxylation is 1. The number of hydrogen-bond donors (Lipinski definition) is 1. The molecule has 4 nitrogen and oxygen atoms in total. The van der Waals surface area contributed by atoms with Gasteiger partial charge in [-0.2, -0.15) is 0 Å². The maximum atomic E-state index is 9.56. The Bertz CT molecular complexity index is 666. The fourth-order valence-corrected chi connectivity index (χ4v) is 2.71. The fraction of sp³-hybridized carbons (Fsp3) is 0.250. The van der Waals surface area contributed by atoms with Crippen molar-refractivity contribution in [1.29, 1.82) is 0 Å². The third-order valence-corrected chi connectivity index (χ3v) is 3.76. The molecule has 4 rings (SSSR count). The van der Waals surface area contributed by atoms with Crippen LogP contribution in [0.1, 0.15) is 23.7 Å². The smallest absolute Gasteiger partial charge is 0.231 e. The molecule has 1 atom stereocenters. The number of aromatic hydroxyl groups is 1. The maximum absolute atomic E-state index is 9.56. The van der Waals surface area contributed by atoms with Crippen molar-refractivity contribution in [3.8, 4) is 23.0 Å². The largest absolute Gasteiger partial charge is 0.508 e. The summed E-state index contributed by atoms with van der Waals surface area (Å²) in [5, 5.41) is 9.56. The minimum Gasteiger partial charge on any atom is -0.508 e. The number of phenols is 1. The molecular formula is C16H14O4. The fourth-order valence-electron chi connectivity index (χ4n) is 2.71. The van der Waals surface area contributed by atoms with Crippen LogP contribution in [0.5, 0.6) is 23.0 Å². The van der Waals surface area contributed by atoms with Crippen molar-refractivity contribution in [3.63, 3.8) is 0 Å². The van der Waals surface area contributed by atoms with E-state index in [9.17, 15) is 5.11 Å². The van der Waals surface area contributed by atoms with Gasteiger partial charge in [-0.15, -0.1) is 0 Å². The Labute approximate surface area is 116 Å². The highest BCUT2D eigenvalue weighted by Gasteiger charge is 2.24. The van der Waals surface area contributed by atoms with Crippen molar-refractivity contribution >= 4 is 0 Å². The highest BCUT2D eigenvalue weighted by Crippen LogP contribution is 2.40. The summed E-state index contributed by atoms with van der Waals surface area (Å²) in [6.07, 6.45) is 1.84. The molecule has 0 amide bonds. The molecular weight excluding hydrogens is 256 g/mol. The van der Waals surface area contributed by atoms with Crippen LogP contribution in [0, 0.1) is 0 Å². The second-order valence-corrected chi connectivity index (χ2v) is 5.05. The first-order chi connectivity index (χ1) is 9.79. The number of benzene rings is 2. The average Bonchev–Trinajstić information content (AvgIpc) is 2.93. The number of phenolic OH excluding ortho intramolecular Hbond substituents is 1. The van der Waals surface area contributed by atoms with E-state index in [2.05, 4.69) is 0 Å². The van der Waals surface area contributed by atoms with Crippen molar-refractivity contribution in [3.05, 3.63) is 47.5 Å². The van der Waals surface area contributed by atoms with Gasteiger partial charge in [0.1, 0.15) is 17.6 Å². The minimum atomic E-state index is -0.0150. The summed E-state index contributed by atoms with van der Waals surface area (Å²) in [7, 11) is 0. The minimum absolute atomic E-state index is 0.0150. The van der Waals surface area contributed by atoms with Gasteiger partial charge in [0.05, 0.1) is 0 Å². The molecule has 102 valence electrons. The van der Waals surface area contributed by atoms with E-state index in [0.29, 0.717) is 0 Å². The molecule has 4 heteroatoms. The molecule has 0 bridgehead atoms. The lowest BCUT2D eigenvalue weighted by Crippen LogP contribution is -2.14. The Kier molecular flexibility index (Phi) is 2.49. The van der Waals surface area contributed by atoms with Crippen LogP contribution in [0.3, 0.4) is 0 Å². The summed E-state index contributed by atoms with van der Waals surface area (Å²) in [4.78, 5) is 0. The third-order valence-electron chi connectivity index (χ3n) is 3.76. The molecule has 2 aliphatic rings. The lowest BCUT2D eigenvalue weighted by atomic mass is 9.97. The van der Waals surface area contributed by atoms with Crippen LogP contribution in [0.15, 0.2) is 36.4 Å². The van der Waals surface area contributed by atoms with Gasteiger partial charge >= 0.3 is 0 Å². The molecule has 0 spiro atoms. The first-order valence-corrected chi connectivity index (χ1v) is 6.68. The van der Waals surface area contributed by atoms with Crippen molar-refractivity contribution in [1.82, 2.24) is 0 Å². The Balaban J connectivity index is 1.64. The number of rotatable bonds is 1. The molecule has 1 N–H and O–H groups in total. The summed E-state index contributed by atoms with van der Waals surface area (Å²) in [6.45, 7) is 0.279. The maximum Gasteiger partial charge on any atom is 0.231 e. The first-order valence-electron chi connectivity index (χ1n) is 6.68. The van der Waals surface area contributed by atoms with Crippen LogP contribution in [-0.4, -0.2) is 11.9 Å².